The van der Waals surface area contributed by atoms with Crippen molar-refractivity contribution in [3.63, 3.8) is 0 Å². The van der Waals surface area contributed by atoms with Crippen LogP contribution in [-0.2, 0) is 6.42 Å². The van der Waals surface area contributed by atoms with Crippen molar-refractivity contribution in [1.29, 1.82) is 0 Å². The highest BCUT2D eigenvalue weighted by molar-refractivity contribution is 7.14. The molecule has 0 unspecified atom stereocenters. The summed E-state index contributed by atoms with van der Waals surface area (Å²) in [6.45, 7) is 6.84. The molecule has 1 aromatic heterocycles. The van der Waals surface area contributed by atoms with E-state index in [0.29, 0.717) is 11.3 Å². The highest BCUT2D eigenvalue weighted by Crippen LogP contribution is 2.71. The molecule has 0 bridgehead atoms. The first-order valence-electron chi connectivity index (χ1n) is 8.03. The summed E-state index contributed by atoms with van der Waals surface area (Å²) in [6.07, 6.45) is 4.54. The Kier molecular flexibility index (Phi) is 3.08. The van der Waals surface area contributed by atoms with Crippen molar-refractivity contribution in [2.75, 3.05) is 0 Å². The molecule has 4 rings (SSSR count). The Morgan fingerprint density at radius 3 is 2.70 bits per heavy atom. The van der Waals surface area contributed by atoms with Gasteiger partial charge in [0.2, 0.25) is 0 Å². The second kappa shape index (κ2) is 4.81. The maximum absolute atomic E-state index is 12.6. The quantitative estimate of drug-likeness (QED) is 0.640. The number of hydrogen-bond donors (Lipinski definition) is 1. The third-order valence-electron chi connectivity index (χ3n) is 5.56. The number of rotatable bonds is 3. The Morgan fingerprint density at radius 2 is 2.00 bits per heavy atom. The predicted octanol–water partition coefficient (Wildman–Crippen LogP) is 4.95. The summed E-state index contributed by atoms with van der Waals surface area (Å²) in [5.41, 5.74) is 4.11. The van der Waals surface area contributed by atoms with Gasteiger partial charge in [0, 0.05) is 4.88 Å². The van der Waals surface area contributed by atoms with Gasteiger partial charge < -0.3 is 5.11 Å². The zero-order chi connectivity index (χ0) is 16.4. The van der Waals surface area contributed by atoms with Crippen LogP contribution >= 0.6 is 11.3 Å². The highest BCUT2D eigenvalue weighted by atomic mass is 32.1. The first kappa shape index (κ1) is 14.7. The van der Waals surface area contributed by atoms with E-state index in [4.69, 9.17) is 0 Å². The van der Waals surface area contributed by atoms with Crippen molar-refractivity contribution in [2.45, 2.75) is 33.1 Å². The predicted molar refractivity (Wildman–Crippen MR) is 94.2 cm³/mol. The van der Waals surface area contributed by atoms with Crippen LogP contribution in [0.25, 0.3) is 6.08 Å². The molecule has 0 amide bonds. The summed E-state index contributed by atoms with van der Waals surface area (Å²) in [7, 11) is 0. The number of fused-ring (bicyclic) bond motifs is 3. The van der Waals surface area contributed by atoms with E-state index in [2.05, 4.69) is 20.8 Å². The molecule has 23 heavy (non-hydrogen) atoms. The fourth-order valence-corrected chi connectivity index (χ4v) is 5.32. The van der Waals surface area contributed by atoms with E-state index in [9.17, 15) is 9.90 Å². The topological polar surface area (TPSA) is 37.3 Å². The molecule has 3 heteroatoms. The number of ketones is 1. The zero-order valence-electron chi connectivity index (χ0n) is 13.6. The molecule has 1 heterocycles. The summed E-state index contributed by atoms with van der Waals surface area (Å²) < 4.78 is 0. The van der Waals surface area contributed by atoms with E-state index in [-0.39, 0.29) is 11.5 Å². The van der Waals surface area contributed by atoms with Gasteiger partial charge in [0.1, 0.15) is 5.75 Å². The van der Waals surface area contributed by atoms with Crippen LogP contribution < -0.4 is 0 Å². The Balaban J connectivity index is 1.60. The van der Waals surface area contributed by atoms with Crippen LogP contribution in [0.3, 0.4) is 0 Å². The van der Waals surface area contributed by atoms with Gasteiger partial charge in [0.25, 0.3) is 0 Å². The molecule has 1 aromatic carbocycles. The smallest absolute Gasteiger partial charge is 0.196 e. The van der Waals surface area contributed by atoms with Crippen LogP contribution in [0.15, 0.2) is 30.3 Å². The van der Waals surface area contributed by atoms with E-state index in [1.807, 2.05) is 6.08 Å². The van der Waals surface area contributed by atoms with E-state index in [0.717, 1.165) is 22.8 Å². The SMILES string of the molecule is Cc1sc(C(=O)C=Cc2ccc(O)cc2)c2c1[C@H]1[C@@H](C2)C1(C)C. The van der Waals surface area contributed by atoms with Crippen LogP contribution in [-0.4, -0.2) is 10.9 Å². The zero-order valence-corrected chi connectivity index (χ0v) is 14.4. The number of thiophene rings is 1. The molecule has 2 nitrogen and oxygen atoms in total. The van der Waals surface area contributed by atoms with Crippen molar-refractivity contribution < 1.29 is 9.90 Å². The van der Waals surface area contributed by atoms with E-state index < -0.39 is 0 Å². The molecule has 1 N–H and O–H groups in total. The number of phenolic OH excluding ortho intramolecular Hbond substituents is 1. The Hall–Kier alpha value is -1.87. The third kappa shape index (κ3) is 2.18. The molecule has 0 radical (unpaired) electrons. The minimum absolute atomic E-state index is 0.103. The van der Waals surface area contributed by atoms with Crippen LogP contribution in [0.5, 0.6) is 5.75 Å². The van der Waals surface area contributed by atoms with E-state index >= 15 is 0 Å². The summed E-state index contributed by atoms with van der Waals surface area (Å²) in [4.78, 5) is 14.9. The number of aromatic hydroxyl groups is 1. The normalized spacial score (nSPS) is 23.8. The molecule has 0 saturated heterocycles. The number of carbonyl (C=O) groups excluding carboxylic acids is 1. The summed E-state index contributed by atoms with van der Waals surface area (Å²) in [5.74, 6) is 1.73. The molecule has 2 aromatic rings. The standard InChI is InChI=1S/C20H20O2S/c1-11-17-14(10-15-18(17)20(15,2)3)19(23-11)16(22)9-6-12-4-7-13(21)8-5-12/h4-9,15,18,21H,10H2,1-3H3/t15-,18-/m1/s1. The second-order valence-electron chi connectivity index (χ2n) is 7.28. The van der Waals surface area contributed by atoms with Gasteiger partial charge in [-0.25, -0.2) is 0 Å². The number of carbonyl (C=O) groups is 1. The molecule has 2 atom stereocenters. The van der Waals surface area contributed by atoms with Crippen LogP contribution in [0.1, 0.15) is 51.0 Å². The van der Waals surface area contributed by atoms with Crippen LogP contribution in [0.2, 0.25) is 0 Å². The van der Waals surface area contributed by atoms with Gasteiger partial charge in [0.05, 0.1) is 4.88 Å². The van der Waals surface area contributed by atoms with Crippen molar-refractivity contribution in [2.24, 2.45) is 11.3 Å². The Morgan fingerprint density at radius 1 is 1.30 bits per heavy atom. The highest BCUT2D eigenvalue weighted by Gasteiger charge is 2.63. The van der Waals surface area contributed by atoms with Crippen molar-refractivity contribution in [3.05, 3.63) is 56.8 Å². The maximum Gasteiger partial charge on any atom is 0.196 e. The van der Waals surface area contributed by atoms with Gasteiger partial charge in [-0.2, -0.15) is 0 Å². The molecular formula is C20H20O2S. The van der Waals surface area contributed by atoms with Crippen LogP contribution in [0.4, 0.5) is 0 Å². The monoisotopic (exact) mass is 324 g/mol. The second-order valence-corrected chi connectivity index (χ2v) is 8.50. The molecular weight excluding hydrogens is 304 g/mol. The fourth-order valence-electron chi connectivity index (χ4n) is 4.16. The maximum atomic E-state index is 12.6. The van der Waals surface area contributed by atoms with Gasteiger partial charge >= 0.3 is 0 Å². The first-order valence-corrected chi connectivity index (χ1v) is 8.85. The average molecular weight is 324 g/mol. The lowest BCUT2D eigenvalue weighted by Gasteiger charge is -2.09. The van der Waals surface area contributed by atoms with E-state index in [1.54, 1.807) is 41.7 Å². The summed E-state index contributed by atoms with van der Waals surface area (Å²) >= 11 is 1.65. The lowest BCUT2D eigenvalue weighted by atomic mass is 9.94. The lowest BCUT2D eigenvalue weighted by molar-refractivity contribution is 0.105. The lowest BCUT2D eigenvalue weighted by Crippen LogP contribution is -2.02. The van der Waals surface area contributed by atoms with Gasteiger partial charge in [-0.05, 0) is 65.5 Å². The Bertz CT molecular complexity index is 824. The summed E-state index contributed by atoms with van der Waals surface area (Å²) in [5, 5.41) is 9.30. The van der Waals surface area contributed by atoms with Gasteiger partial charge in [0.15, 0.2) is 5.78 Å². The number of benzene rings is 1. The molecule has 2 aliphatic carbocycles. The van der Waals surface area contributed by atoms with Crippen molar-refractivity contribution in [1.82, 2.24) is 0 Å². The third-order valence-corrected chi connectivity index (χ3v) is 6.74. The molecule has 118 valence electrons. The summed E-state index contributed by atoms with van der Waals surface area (Å²) in [6, 6.07) is 6.88. The molecule has 0 aliphatic heterocycles. The minimum Gasteiger partial charge on any atom is -0.508 e. The minimum atomic E-state index is 0.103. The number of allylic oxidation sites excluding steroid dienone is 1. The van der Waals surface area contributed by atoms with Crippen molar-refractivity contribution >= 4 is 23.2 Å². The Labute approximate surface area is 140 Å². The first-order chi connectivity index (χ1) is 10.9. The van der Waals surface area contributed by atoms with Crippen molar-refractivity contribution in [3.8, 4) is 5.75 Å². The largest absolute Gasteiger partial charge is 0.508 e. The van der Waals surface area contributed by atoms with Gasteiger partial charge in [-0.15, -0.1) is 11.3 Å². The van der Waals surface area contributed by atoms with Gasteiger partial charge in [-0.1, -0.05) is 32.1 Å². The van der Waals surface area contributed by atoms with Gasteiger partial charge in [-0.3, -0.25) is 4.79 Å². The fraction of sp³-hybridized carbons (Fsp3) is 0.350. The number of aryl methyl sites for hydroxylation is 1. The molecule has 1 fully saturated rings. The number of phenols is 1. The number of hydrogen-bond acceptors (Lipinski definition) is 3. The molecule has 1 saturated carbocycles. The molecule has 2 aliphatic rings. The molecule has 0 spiro atoms. The van der Waals surface area contributed by atoms with Crippen LogP contribution in [0, 0.1) is 18.3 Å². The van der Waals surface area contributed by atoms with E-state index in [1.165, 1.54) is 16.0 Å². The average Bonchev–Trinajstić information content (AvgIpc) is 2.85.